The van der Waals surface area contributed by atoms with Gasteiger partial charge in [-0.3, -0.25) is 14.4 Å². The van der Waals surface area contributed by atoms with Crippen molar-refractivity contribution in [2.45, 2.75) is 39.8 Å². The molecule has 3 rings (SSSR count). The minimum Gasteiger partial charge on any atom is -0.348 e. The van der Waals surface area contributed by atoms with Crippen LogP contribution in [0.2, 0.25) is 0 Å². The number of anilines is 1. The molecule has 0 saturated carbocycles. The van der Waals surface area contributed by atoms with Gasteiger partial charge in [-0.05, 0) is 41.8 Å². The van der Waals surface area contributed by atoms with Gasteiger partial charge in [0.15, 0.2) is 0 Å². The monoisotopic (exact) mass is 393 g/mol. The molecule has 0 bridgehead atoms. The molecule has 29 heavy (non-hydrogen) atoms. The summed E-state index contributed by atoms with van der Waals surface area (Å²) in [6.07, 6.45) is 1.55. The smallest absolute Gasteiger partial charge is 0.251 e. The van der Waals surface area contributed by atoms with E-state index in [0.717, 1.165) is 29.8 Å². The molecule has 2 aromatic carbocycles. The van der Waals surface area contributed by atoms with E-state index in [9.17, 15) is 14.4 Å². The van der Waals surface area contributed by atoms with Crippen LogP contribution < -0.4 is 10.6 Å². The first-order valence-corrected chi connectivity index (χ1v) is 9.97. The Hall–Kier alpha value is -3.15. The summed E-state index contributed by atoms with van der Waals surface area (Å²) >= 11 is 0. The molecule has 2 aromatic rings. The van der Waals surface area contributed by atoms with Crippen molar-refractivity contribution >= 4 is 23.4 Å². The number of hydrogen-bond acceptors (Lipinski definition) is 3. The van der Waals surface area contributed by atoms with E-state index >= 15 is 0 Å². The van der Waals surface area contributed by atoms with Crippen molar-refractivity contribution in [3.05, 3.63) is 65.2 Å². The predicted molar refractivity (Wildman–Crippen MR) is 112 cm³/mol. The molecule has 1 heterocycles. The molecule has 0 radical (unpaired) electrons. The summed E-state index contributed by atoms with van der Waals surface area (Å²) in [6, 6.07) is 14.8. The van der Waals surface area contributed by atoms with Gasteiger partial charge in [0.05, 0.1) is 0 Å². The standard InChI is InChI=1S/C23H27N3O3/c1-16(2)22(28)25-20-11-7-17(8-12-20)14-24-23(29)19-9-5-18(6-10-19)15-26-13-3-4-21(26)27/h5-12,16H,3-4,13-15H2,1-2H3,(H,24,29)(H,25,28). The highest BCUT2D eigenvalue weighted by atomic mass is 16.2. The minimum atomic E-state index is -0.147. The van der Waals surface area contributed by atoms with Crippen LogP contribution >= 0.6 is 0 Å². The second kappa shape index (κ2) is 9.37. The van der Waals surface area contributed by atoms with E-state index in [4.69, 9.17) is 0 Å². The highest BCUT2D eigenvalue weighted by molar-refractivity contribution is 5.94. The van der Waals surface area contributed by atoms with Gasteiger partial charge in [-0.25, -0.2) is 0 Å². The third-order valence-electron chi connectivity index (χ3n) is 4.96. The minimum absolute atomic E-state index is 0.0244. The normalized spacial score (nSPS) is 13.6. The van der Waals surface area contributed by atoms with E-state index in [1.807, 2.05) is 55.1 Å². The molecule has 1 aliphatic heterocycles. The SMILES string of the molecule is CC(C)C(=O)Nc1ccc(CNC(=O)c2ccc(CN3CCCC3=O)cc2)cc1. The maximum Gasteiger partial charge on any atom is 0.251 e. The fraction of sp³-hybridized carbons (Fsp3) is 0.348. The summed E-state index contributed by atoms with van der Waals surface area (Å²) in [4.78, 5) is 37.7. The number of amides is 3. The van der Waals surface area contributed by atoms with Crippen molar-refractivity contribution < 1.29 is 14.4 Å². The zero-order chi connectivity index (χ0) is 20.8. The number of likely N-dealkylation sites (tertiary alicyclic amines) is 1. The summed E-state index contributed by atoms with van der Waals surface area (Å²) in [5, 5.41) is 5.74. The van der Waals surface area contributed by atoms with Gasteiger partial charge < -0.3 is 15.5 Å². The van der Waals surface area contributed by atoms with Crippen molar-refractivity contribution in [2.24, 2.45) is 5.92 Å². The second-order valence-electron chi connectivity index (χ2n) is 7.64. The Morgan fingerprint density at radius 2 is 1.66 bits per heavy atom. The first-order chi connectivity index (χ1) is 13.9. The number of carbonyl (C=O) groups is 3. The quantitative estimate of drug-likeness (QED) is 0.757. The maximum atomic E-state index is 12.4. The molecule has 3 amide bonds. The molecular formula is C23H27N3O3. The van der Waals surface area contributed by atoms with Crippen LogP contribution in [0.25, 0.3) is 0 Å². The van der Waals surface area contributed by atoms with Gasteiger partial charge >= 0.3 is 0 Å². The van der Waals surface area contributed by atoms with E-state index in [1.165, 1.54) is 0 Å². The molecule has 1 aliphatic rings. The highest BCUT2D eigenvalue weighted by Gasteiger charge is 2.20. The predicted octanol–water partition coefficient (Wildman–Crippen LogP) is 3.33. The number of nitrogens with zero attached hydrogens (tertiary/aromatic N) is 1. The van der Waals surface area contributed by atoms with Crippen LogP contribution in [0, 0.1) is 5.92 Å². The number of carbonyl (C=O) groups excluding carboxylic acids is 3. The Balaban J connectivity index is 1.50. The Morgan fingerprint density at radius 3 is 2.24 bits per heavy atom. The van der Waals surface area contributed by atoms with Crippen molar-refractivity contribution in [3.8, 4) is 0 Å². The summed E-state index contributed by atoms with van der Waals surface area (Å²) in [6.45, 7) is 5.50. The lowest BCUT2D eigenvalue weighted by Gasteiger charge is -2.15. The van der Waals surface area contributed by atoms with Crippen molar-refractivity contribution in [1.82, 2.24) is 10.2 Å². The molecule has 6 nitrogen and oxygen atoms in total. The lowest BCUT2D eigenvalue weighted by Crippen LogP contribution is -2.24. The fourth-order valence-corrected chi connectivity index (χ4v) is 3.13. The van der Waals surface area contributed by atoms with Crippen molar-refractivity contribution in [3.63, 3.8) is 0 Å². The number of hydrogen-bond donors (Lipinski definition) is 2. The van der Waals surface area contributed by atoms with E-state index in [1.54, 1.807) is 12.1 Å². The van der Waals surface area contributed by atoms with Gasteiger partial charge in [0.25, 0.3) is 5.91 Å². The average molecular weight is 393 g/mol. The highest BCUT2D eigenvalue weighted by Crippen LogP contribution is 2.15. The Labute approximate surface area is 171 Å². The molecule has 0 atom stereocenters. The van der Waals surface area contributed by atoms with Gasteiger partial charge in [0.2, 0.25) is 11.8 Å². The molecule has 1 saturated heterocycles. The topological polar surface area (TPSA) is 78.5 Å². The van der Waals surface area contributed by atoms with Gasteiger partial charge in [-0.1, -0.05) is 38.1 Å². The molecule has 0 aromatic heterocycles. The van der Waals surface area contributed by atoms with E-state index in [-0.39, 0.29) is 23.6 Å². The van der Waals surface area contributed by atoms with Crippen LogP contribution in [0.15, 0.2) is 48.5 Å². The number of benzene rings is 2. The molecule has 0 spiro atoms. The zero-order valence-corrected chi connectivity index (χ0v) is 16.9. The van der Waals surface area contributed by atoms with Crippen LogP contribution in [-0.2, 0) is 22.7 Å². The maximum absolute atomic E-state index is 12.4. The van der Waals surface area contributed by atoms with Crippen LogP contribution in [0.5, 0.6) is 0 Å². The second-order valence-corrected chi connectivity index (χ2v) is 7.64. The van der Waals surface area contributed by atoms with Gasteiger partial charge in [-0.2, -0.15) is 0 Å². The molecule has 152 valence electrons. The van der Waals surface area contributed by atoms with Crippen molar-refractivity contribution in [1.29, 1.82) is 0 Å². The third kappa shape index (κ3) is 5.67. The van der Waals surface area contributed by atoms with Crippen LogP contribution in [0.1, 0.15) is 48.2 Å². The molecule has 2 N–H and O–H groups in total. The van der Waals surface area contributed by atoms with Crippen LogP contribution in [-0.4, -0.2) is 29.2 Å². The molecular weight excluding hydrogens is 366 g/mol. The summed E-state index contributed by atoms with van der Waals surface area (Å²) in [5.74, 6) is -0.0487. The van der Waals surface area contributed by atoms with E-state index in [2.05, 4.69) is 10.6 Å². The average Bonchev–Trinajstić information content (AvgIpc) is 3.12. The summed E-state index contributed by atoms with van der Waals surface area (Å²) in [5.41, 5.74) is 3.30. The summed E-state index contributed by atoms with van der Waals surface area (Å²) in [7, 11) is 0. The number of nitrogens with one attached hydrogen (secondary N) is 2. The van der Waals surface area contributed by atoms with Crippen LogP contribution in [0.3, 0.4) is 0 Å². The van der Waals surface area contributed by atoms with Crippen molar-refractivity contribution in [2.75, 3.05) is 11.9 Å². The zero-order valence-electron chi connectivity index (χ0n) is 16.9. The molecule has 0 aliphatic carbocycles. The van der Waals surface area contributed by atoms with Gasteiger partial charge in [0.1, 0.15) is 0 Å². The summed E-state index contributed by atoms with van der Waals surface area (Å²) < 4.78 is 0. The Bertz CT molecular complexity index is 873. The molecule has 6 heteroatoms. The molecule has 0 unspecified atom stereocenters. The Kier molecular flexibility index (Phi) is 6.65. The number of rotatable bonds is 7. The largest absolute Gasteiger partial charge is 0.348 e. The first kappa shape index (κ1) is 20.6. The fourth-order valence-electron chi connectivity index (χ4n) is 3.13. The third-order valence-corrected chi connectivity index (χ3v) is 4.96. The first-order valence-electron chi connectivity index (χ1n) is 9.97. The molecule has 1 fully saturated rings. The lowest BCUT2D eigenvalue weighted by molar-refractivity contribution is -0.128. The van der Waals surface area contributed by atoms with Gasteiger partial charge in [0, 0.05) is 43.2 Å². The van der Waals surface area contributed by atoms with Gasteiger partial charge in [-0.15, -0.1) is 0 Å². The Morgan fingerprint density at radius 1 is 1.00 bits per heavy atom. The van der Waals surface area contributed by atoms with E-state index in [0.29, 0.717) is 25.1 Å². The van der Waals surface area contributed by atoms with Crippen LogP contribution in [0.4, 0.5) is 5.69 Å². The van der Waals surface area contributed by atoms with E-state index < -0.39 is 0 Å². The lowest BCUT2D eigenvalue weighted by atomic mass is 10.1.